The Kier molecular flexibility index (Phi) is 2.57. The Morgan fingerprint density at radius 2 is 1.88 bits per heavy atom. The standard InChI is InChI=1S/C11H11F4NO/c1-10(17)5-16(6-10)9-3-2-7(4-8(9)12)11(13,14)15/h2-4,17H,5-6H2,1H3. The van der Waals surface area contributed by atoms with Crippen LogP contribution in [0, 0.1) is 5.82 Å². The summed E-state index contributed by atoms with van der Waals surface area (Å²) in [4.78, 5) is 1.50. The van der Waals surface area contributed by atoms with Crippen LogP contribution in [0.5, 0.6) is 0 Å². The quantitative estimate of drug-likeness (QED) is 0.772. The van der Waals surface area contributed by atoms with E-state index in [2.05, 4.69) is 0 Å². The minimum Gasteiger partial charge on any atom is -0.386 e. The predicted octanol–water partition coefficient (Wildman–Crippen LogP) is 2.42. The van der Waals surface area contributed by atoms with Crippen molar-refractivity contribution in [3.63, 3.8) is 0 Å². The molecule has 1 saturated heterocycles. The minimum atomic E-state index is -4.54. The molecule has 1 heterocycles. The zero-order valence-electron chi connectivity index (χ0n) is 9.05. The molecule has 1 aliphatic heterocycles. The van der Waals surface area contributed by atoms with E-state index in [4.69, 9.17) is 0 Å². The van der Waals surface area contributed by atoms with Crippen molar-refractivity contribution in [2.24, 2.45) is 0 Å². The first-order valence-corrected chi connectivity index (χ1v) is 5.03. The molecule has 2 nitrogen and oxygen atoms in total. The third-order valence-electron chi connectivity index (χ3n) is 2.68. The van der Waals surface area contributed by atoms with Gasteiger partial charge in [0.2, 0.25) is 0 Å². The van der Waals surface area contributed by atoms with Crippen LogP contribution in [0.4, 0.5) is 23.2 Å². The predicted molar refractivity (Wildman–Crippen MR) is 54.2 cm³/mol. The molecule has 94 valence electrons. The van der Waals surface area contributed by atoms with Gasteiger partial charge >= 0.3 is 6.18 Å². The molecule has 0 aromatic heterocycles. The monoisotopic (exact) mass is 249 g/mol. The van der Waals surface area contributed by atoms with Gasteiger partial charge in [-0.3, -0.25) is 0 Å². The summed E-state index contributed by atoms with van der Waals surface area (Å²) in [5.41, 5.74) is -1.81. The van der Waals surface area contributed by atoms with Gasteiger partial charge in [0, 0.05) is 13.1 Å². The van der Waals surface area contributed by atoms with Crippen LogP contribution in [0.3, 0.4) is 0 Å². The van der Waals surface area contributed by atoms with Crippen LogP contribution >= 0.6 is 0 Å². The second-order valence-corrected chi connectivity index (χ2v) is 4.52. The first-order chi connectivity index (χ1) is 7.69. The lowest BCUT2D eigenvalue weighted by molar-refractivity contribution is -0.137. The van der Waals surface area contributed by atoms with Crippen molar-refractivity contribution >= 4 is 5.69 Å². The van der Waals surface area contributed by atoms with Crippen molar-refractivity contribution in [1.29, 1.82) is 0 Å². The molecule has 1 aromatic carbocycles. The molecule has 17 heavy (non-hydrogen) atoms. The number of nitrogens with zero attached hydrogens (tertiary/aromatic N) is 1. The van der Waals surface area contributed by atoms with Crippen LogP contribution in [0.2, 0.25) is 0 Å². The fraction of sp³-hybridized carbons (Fsp3) is 0.455. The fourth-order valence-corrected chi connectivity index (χ4v) is 1.89. The van der Waals surface area contributed by atoms with Crippen LogP contribution in [-0.4, -0.2) is 23.8 Å². The van der Waals surface area contributed by atoms with Crippen LogP contribution in [0.25, 0.3) is 0 Å². The number of halogens is 4. The van der Waals surface area contributed by atoms with Gasteiger partial charge in [-0.05, 0) is 25.1 Å². The normalized spacial score (nSPS) is 19.1. The topological polar surface area (TPSA) is 23.5 Å². The summed E-state index contributed by atoms with van der Waals surface area (Å²) < 4.78 is 50.4. The van der Waals surface area contributed by atoms with Crippen molar-refractivity contribution in [2.75, 3.05) is 18.0 Å². The summed E-state index contributed by atoms with van der Waals surface area (Å²) in [6, 6.07) is 2.40. The lowest BCUT2D eigenvalue weighted by atomic mass is 9.96. The van der Waals surface area contributed by atoms with E-state index < -0.39 is 23.2 Å². The highest BCUT2D eigenvalue weighted by molar-refractivity contribution is 5.52. The van der Waals surface area contributed by atoms with Gasteiger partial charge in [0.25, 0.3) is 0 Å². The third kappa shape index (κ3) is 2.36. The molecular formula is C11H11F4NO. The number of hydrogen-bond donors (Lipinski definition) is 1. The summed E-state index contributed by atoms with van der Waals surface area (Å²) in [7, 11) is 0. The third-order valence-corrected chi connectivity index (χ3v) is 2.68. The highest BCUT2D eigenvalue weighted by atomic mass is 19.4. The number of rotatable bonds is 1. The molecule has 6 heteroatoms. The molecule has 0 unspecified atom stereocenters. The highest BCUT2D eigenvalue weighted by Gasteiger charge is 2.38. The van der Waals surface area contributed by atoms with Gasteiger partial charge in [0.15, 0.2) is 0 Å². The van der Waals surface area contributed by atoms with Gasteiger partial charge in [0.05, 0.1) is 16.9 Å². The van der Waals surface area contributed by atoms with Crippen molar-refractivity contribution in [1.82, 2.24) is 0 Å². The maximum atomic E-state index is 13.5. The molecule has 2 rings (SSSR count). The Morgan fingerprint density at radius 1 is 1.29 bits per heavy atom. The molecule has 1 fully saturated rings. The molecule has 0 aliphatic carbocycles. The van der Waals surface area contributed by atoms with Gasteiger partial charge in [-0.25, -0.2) is 4.39 Å². The van der Waals surface area contributed by atoms with Crippen molar-refractivity contribution in [2.45, 2.75) is 18.7 Å². The zero-order chi connectivity index (χ0) is 12.8. The van der Waals surface area contributed by atoms with Crippen LogP contribution in [-0.2, 0) is 6.18 Å². The summed E-state index contributed by atoms with van der Waals surface area (Å²) in [5.74, 6) is -0.921. The van der Waals surface area contributed by atoms with Crippen molar-refractivity contribution in [3.05, 3.63) is 29.6 Å². The van der Waals surface area contributed by atoms with Crippen LogP contribution in [0.15, 0.2) is 18.2 Å². The Balaban J connectivity index is 2.22. The maximum Gasteiger partial charge on any atom is 0.416 e. The first-order valence-electron chi connectivity index (χ1n) is 5.03. The number of alkyl halides is 3. The summed E-state index contributed by atoms with van der Waals surface area (Å²) in [6.45, 7) is 2.02. The van der Waals surface area contributed by atoms with E-state index in [-0.39, 0.29) is 18.8 Å². The molecule has 0 radical (unpaired) electrons. The van der Waals surface area contributed by atoms with Crippen LogP contribution < -0.4 is 4.90 Å². The fourth-order valence-electron chi connectivity index (χ4n) is 1.89. The van der Waals surface area contributed by atoms with E-state index in [1.807, 2.05) is 0 Å². The summed E-state index contributed by atoms with van der Waals surface area (Å²) >= 11 is 0. The molecule has 1 N–H and O–H groups in total. The second kappa shape index (κ2) is 3.60. The van der Waals surface area contributed by atoms with E-state index in [1.165, 1.54) is 4.90 Å². The van der Waals surface area contributed by atoms with Gasteiger partial charge in [-0.15, -0.1) is 0 Å². The van der Waals surface area contributed by atoms with Gasteiger partial charge in [-0.1, -0.05) is 0 Å². The maximum absolute atomic E-state index is 13.5. The summed E-state index contributed by atoms with van der Waals surface area (Å²) in [5, 5.41) is 9.48. The lowest BCUT2D eigenvalue weighted by Crippen LogP contribution is -2.60. The highest BCUT2D eigenvalue weighted by Crippen LogP contribution is 2.34. The Hall–Kier alpha value is -1.30. The average molecular weight is 249 g/mol. The number of anilines is 1. The minimum absolute atomic E-state index is 0.0875. The number of benzene rings is 1. The van der Waals surface area contributed by atoms with E-state index in [9.17, 15) is 22.7 Å². The molecule has 0 amide bonds. The zero-order valence-corrected chi connectivity index (χ0v) is 9.05. The largest absolute Gasteiger partial charge is 0.416 e. The molecule has 1 aromatic rings. The van der Waals surface area contributed by atoms with Gasteiger partial charge in [0.1, 0.15) is 5.82 Å². The molecule has 1 aliphatic rings. The van der Waals surface area contributed by atoms with Gasteiger partial charge < -0.3 is 10.0 Å². The van der Waals surface area contributed by atoms with Gasteiger partial charge in [-0.2, -0.15) is 13.2 Å². The summed E-state index contributed by atoms with van der Waals surface area (Å²) in [6.07, 6.45) is -4.54. The van der Waals surface area contributed by atoms with Crippen LogP contribution in [0.1, 0.15) is 12.5 Å². The lowest BCUT2D eigenvalue weighted by Gasteiger charge is -2.45. The molecular weight excluding hydrogens is 238 g/mol. The average Bonchev–Trinajstić information content (AvgIpc) is 2.12. The Bertz CT molecular complexity index is 434. The van der Waals surface area contributed by atoms with E-state index in [0.29, 0.717) is 6.07 Å². The molecule has 0 spiro atoms. The molecule has 0 saturated carbocycles. The number of β-amino-alcohol motifs (C(OH)–C–C–N with tert-alkyl or cyclic N) is 1. The molecule has 0 bridgehead atoms. The SMILES string of the molecule is CC1(O)CN(c2ccc(C(F)(F)F)cc2F)C1. The van der Waals surface area contributed by atoms with E-state index in [1.54, 1.807) is 6.92 Å². The Morgan fingerprint density at radius 3 is 2.29 bits per heavy atom. The number of aliphatic hydroxyl groups is 1. The Labute approximate surface area is 95.5 Å². The van der Waals surface area contributed by atoms with E-state index >= 15 is 0 Å². The number of hydrogen-bond acceptors (Lipinski definition) is 2. The smallest absolute Gasteiger partial charge is 0.386 e. The second-order valence-electron chi connectivity index (χ2n) is 4.52. The first kappa shape index (κ1) is 12.2. The van der Waals surface area contributed by atoms with E-state index in [0.717, 1.165) is 12.1 Å². The van der Waals surface area contributed by atoms with Crippen molar-refractivity contribution in [3.8, 4) is 0 Å². The van der Waals surface area contributed by atoms with Crippen molar-refractivity contribution < 1.29 is 22.7 Å². The molecule has 0 atom stereocenters.